The SMILES string of the molecule is CC(C)NC(=O)NC(=O)C(C)OC(=O)c1cccc(N2CCCC2=O)c1. The van der Waals surface area contributed by atoms with Gasteiger partial charge in [0.2, 0.25) is 5.91 Å². The van der Waals surface area contributed by atoms with Crippen molar-refractivity contribution in [3.63, 3.8) is 0 Å². The molecule has 26 heavy (non-hydrogen) atoms. The summed E-state index contributed by atoms with van der Waals surface area (Å²) in [4.78, 5) is 49.1. The molecule has 2 N–H and O–H groups in total. The number of benzene rings is 1. The van der Waals surface area contributed by atoms with Crippen molar-refractivity contribution >= 4 is 29.5 Å². The zero-order chi connectivity index (χ0) is 19.3. The summed E-state index contributed by atoms with van der Waals surface area (Å²) >= 11 is 0. The zero-order valence-electron chi connectivity index (χ0n) is 15.1. The van der Waals surface area contributed by atoms with Gasteiger partial charge in [-0.3, -0.25) is 14.9 Å². The number of hydrogen-bond acceptors (Lipinski definition) is 5. The summed E-state index contributed by atoms with van der Waals surface area (Å²) in [5.41, 5.74) is 0.851. The third kappa shape index (κ3) is 5.05. The number of rotatable bonds is 5. The summed E-state index contributed by atoms with van der Waals surface area (Å²) in [6, 6.07) is 5.72. The molecule has 1 aromatic carbocycles. The maximum atomic E-state index is 12.3. The van der Waals surface area contributed by atoms with E-state index in [1.807, 2.05) is 0 Å². The largest absolute Gasteiger partial charge is 0.449 e. The third-order valence-corrected chi connectivity index (χ3v) is 3.78. The Morgan fingerprint density at radius 2 is 1.92 bits per heavy atom. The van der Waals surface area contributed by atoms with Gasteiger partial charge in [-0.1, -0.05) is 6.07 Å². The molecule has 0 aromatic heterocycles. The lowest BCUT2D eigenvalue weighted by Crippen LogP contribution is -2.46. The number of hydrogen-bond donors (Lipinski definition) is 2. The van der Waals surface area contributed by atoms with E-state index in [2.05, 4.69) is 10.6 Å². The van der Waals surface area contributed by atoms with Gasteiger partial charge in [-0.15, -0.1) is 0 Å². The molecule has 1 atom stereocenters. The lowest BCUT2D eigenvalue weighted by molar-refractivity contribution is -0.127. The second-order valence-corrected chi connectivity index (χ2v) is 6.36. The van der Waals surface area contributed by atoms with Crippen molar-refractivity contribution in [2.45, 2.75) is 45.8 Å². The molecule has 1 heterocycles. The quantitative estimate of drug-likeness (QED) is 0.775. The van der Waals surface area contributed by atoms with Gasteiger partial charge in [-0.25, -0.2) is 9.59 Å². The molecule has 2 rings (SSSR count). The van der Waals surface area contributed by atoms with Crippen LogP contribution in [0.2, 0.25) is 0 Å². The number of anilines is 1. The zero-order valence-corrected chi connectivity index (χ0v) is 15.1. The van der Waals surface area contributed by atoms with E-state index in [4.69, 9.17) is 4.74 Å². The van der Waals surface area contributed by atoms with Crippen LogP contribution in [0.15, 0.2) is 24.3 Å². The van der Waals surface area contributed by atoms with Gasteiger partial charge in [-0.2, -0.15) is 0 Å². The summed E-state index contributed by atoms with van der Waals surface area (Å²) < 4.78 is 5.11. The predicted molar refractivity (Wildman–Crippen MR) is 94.7 cm³/mol. The molecule has 1 fully saturated rings. The Bertz CT molecular complexity index is 717. The number of urea groups is 1. The fraction of sp³-hybridized carbons (Fsp3) is 0.444. The lowest BCUT2D eigenvalue weighted by Gasteiger charge is -2.17. The summed E-state index contributed by atoms with van der Waals surface area (Å²) in [7, 11) is 0. The van der Waals surface area contributed by atoms with E-state index < -0.39 is 24.0 Å². The van der Waals surface area contributed by atoms with Gasteiger partial charge in [0.1, 0.15) is 0 Å². The highest BCUT2D eigenvalue weighted by molar-refractivity contribution is 6.00. The first-order valence-electron chi connectivity index (χ1n) is 8.50. The highest BCUT2D eigenvalue weighted by atomic mass is 16.5. The number of carbonyl (C=O) groups excluding carboxylic acids is 4. The molecule has 1 aromatic rings. The smallest absolute Gasteiger partial charge is 0.338 e. The first-order valence-corrected chi connectivity index (χ1v) is 8.50. The molecule has 1 aliphatic rings. The highest BCUT2D eigenvalue weighted by Crippen LogP contribution is 2.22. The number of ether oxygens (including phenoxy) is 1. The van der Waals surface area contributed by atoms with Crippen LogP contribution in [0, 0.1) is 0 Å². The molecule has 1 unspecified atom stereocenters. The first kappa shape index (κ1) is 19.4. The number of imide groups is 1. The monoisotopic (exact) mass is 361 g/mol. The maximum Gasteiger partial charge on any atom is 0.338 e. The van der Waals surface area contributed by atoms with E-state index in [0.29, 0.717) is 18.7 Å². The van der Waals surface area contributed by atoms with E-state index in [1.54, 1.807) is 43.0 Å². The topological polar surface area (TPSA) is 105 Å². The minimum Gasteiger partial charge on any atom is -0.449 e. The van der Waals surface area contributed by atoms with E-state index in [-0.39, 0.29) is 17.5 Å². The van der Waals surface area contributed by atoms with Gasteiger partial charge < -0.3 is 15.0 Å². The minimum absolute atomic E-state index is 0.0134. The third-order valence-electron chi connectivity index (χ3n) is 3.78. The molecule has 8 nitrogen and oxygen atoms in total. The fourth-order valence-corrected chi connectivity index (χ4v) is 2.52. The number of amides is 4. The Labute approximate surface area is 151 Å². The molecule has 4 amide bonds. The Morgan fingerprint density at radius 1 is 1.19 bits per heavy atom. The van der Waals surface area contributed by atoms with Gasteiger partial charge in [-0.05, 0) is 45.4 Å². The molecule has 0 saturated carbocycles. The van der Waals surface area contributed by atoms with E-state index in [0.717, 1.165) is 6.42 Å². The second-order valence-electron chi connectivity index (χ2n) is 6.36. The van der Waals surface area contributed by atoms with Crippen molar-refractivity contribution in [1.82, 2.24) is 10.6 Å². The Morgan fingerprint density at radius 3 is 2.54 bits per heavy atom. The maximum absolute atomic E-state index is 12.3. The Hall–Kier alpha value is -2.90. The molecule has 0 aliphatic carbocycles. The van der Waals surface area contributed by atoms with Crippen molar-refractivity contribution in [2.75, 3.05) is 11.4 Å². The molecule has 8 heteroatoms. The standard InChI is InChI=1S/C18H23N3O5/c1-11(2)19-18(25)20-16(23)12(3)26-17(24)13-6-4-7-14(10-13)21-9-5-8-15(21)22/h4,6-7,10-12H,5,8-9H2,1-3H3,(H2,19,20,23,25). The number of nitrogens with zero attached hydrogens (tertiary/aromatic N) is 1. The van der Waals surface area contributed by atoms with E-state index >= 15 is 0 Å². The van der Waals surface area contributed by atoms with Crippen LogP contribution in [0.5, 0.6) is 0 Å². The van der Waals surface area contributed by atoms with Crippen LogP contribution >= 0.6 is 0 Å². The second kappa shape index (κ2) is 8.46. The normalized spacial score (nSPS) is 14.9. The fourth-order valence-electron chi connectivity index (χ4n) is 2.52. The number of esters is 1. The first-order chi connectivity index (χ1) is 12.3. The van der Waals surface area contributed by atoms with E-state index in [1.165, 1.54) is 6.92 Å². The van der Waals surface area contributed by atoms with Crippen molar-refractivity contribution in [3.05, 3.63) is 29.8 Å². The van der Waals surface area contributed by atoms with Gasteiger partial charge in [0.25, 0.3) is 5.91 Å². The van der Waals surface area contributed by atoms with Gasteiger partial charge >= 0.3 is 12.0 Å². The number of carbonyl (C=O) groups is 4. The molecular weight excluding hydrogens is 338 g/mol. The summed E-state index contributed by atoms with van der Waals surface area (Å²) in [6.45, 7) is 5.50. The molecule has 0 radical (unpaired) electrons. The molecule has 1 saturated heterocycles. The van der Waals surface area contributed by atoms with Crippen LogP contribution in [-0.4, -0.2) is 42.5 Å². The van der Waals surface area contributed by atoms with Crippen LogP contribution in [0.3, 0.4) is 0 Å². The van der Waals surface area contributed by atoms with Gasteiger partial charge in [0, 0.05) is 24.7 Å². The van der Waals surface area contributed by atoms with Crippen molar-refractivity contribution in [3.8, 4) is 0 Å². The minimum atomic E-state index is -1.14. The molecule has 140 valence electrons. The average Bonchev–Trinajstić information content (AvgIpc) is 3.00. The van der Waals surface area contributed by atoms with Crippen LogP contribution in [-0.2, 0) is 14.3 Å². The van der Waals surface area contributed by atoms with Crippen LogP contribution < -0.4 is 15.5 Å². The Kier molecular flexibility index (Phi) is 6.32. The number of nitrogens with one attached hydrogen (secondary N) is 2. The van der Waals surface area contributed by atoms with Crippen LogP contribution in [0.4, 0.5) is 10.5 Å². The lowest BCUT2D eigenvalue weighted by atomic mass is 10.2. The van der Waals surface area contributed by atoms with Gasteiger partial charge in [0.15, 0.2) is 6.10 Å². The highest BCUT2D eigenvalue weighted by Gasteiger charge is 2.24. The molecule has 1 aliphatic heterocycles. The van der Waals surface area contributed by atoms with Crippen molar-refractivity contribution in [1.29, 1.82) is 0 Å². The van der Waals surface area contributed by atoms with Crippen LogP contribution in [0.25, 0.3) is 0 Å². The summed E-state index contributed by atoms with van der Waals surface area (Å²) in [5, 5.41) is 4.62. The van der Waals surface area contributed by atoms with Gasteiger partial charge in [0.05, 0.1) is 5.56 Å². The Balaban J connectivity index is 1.97. The van der Waals surface area contributed by atoms with Crippen molar-refractivity contribution in [2.24, 2.45) is 0 Å². The summed E-state index contributed by atoms with van der Waals surface area (Å²) in [6.07, 6.45) is 0.130. The molecule has 0 bridgehead atoms. The predicted octanol–water partition coefficient (Wildman–Crippen LogP) is 1.59. The molecular formula is C18H23N3O5. The summed E-state index contributed by atoms with van der Waals surface area (Å²) in [5.74, 6) is -1.41. The van der Waals surface area contributed by atoms with Crippen molar-refractivity contribution < 1.29 is 23.9 Å². The average molecular weight is 361 g/mol. The van der Waals surface area contributed by atoms with E-state index in [9.17, 15) is 19.2 Å². The van der Waals surface area contributed by atoms with Crippen LogP contribution in [0.1, 0.15) is 44.0 Å². The molecule has 0 spiro atoms.